The van der Waals surface area contributed by atoms with Crippen molar-refractivity contribution in [2.75, 3.05) is 26.7 Å². The number of hydrogen-bond acceptors (Lipinski definition) is 4. The topological polar surface area (TPSA) is 61.4 Å². The summed E-state index contributed by atoms with van der Waals surface area (Å²) in [6, 6.07) is 3.83. The van der Waals surface area contributed by atoms with E-state index in [0.29, 0.717) is 19.0 Å². The SMILES string of the molecule is CNCC1CCCN(S(=O)(=O)NC(C)c2ccc(C)s2)C1. The molecule has 2 atom stereocenters. The number of rotatable bonds is 6. The van der Waals surface area contributed by atoms with Crippen molar-refractivity contribution in [3.63, 3.8) is 0 Å². The van der Waals surface area contributed by atoms with Crippen LogP contribution < -0.4 is 10.0 Å². The molecule has 2 heterocycles. The van der Waals surface area contributed by atoms with Crippen molar-refractivity contribution in [3.05, 3.63) is 21.9 Å². The highest BCUT2D eigenvalue weighted by Crippen LogP contribution is 2.24. The molecule has 1 aliphatic heterocycles. The lowest BCUT2D eigenvalue weighted by Crippen LogP contribution is -2.47. The molecule has 1 saturated heterocycles. The van der Waals surface area contributed by atoms with E-state index in [1.165, 1.54) is 4.88 Å². The van der Waals surface area contributed by atoms with Crippen LogP contribution in [-0.2, 0) is 10.2 Å². The summed E-state index contributed by atoms with van der Waals surface area (Å²) in [6.45, 7) is 6.02. The highest BCUT2D eigenvalue weighted by atomic mass is 32.2. The van der Waals surface area contributed by atoms with Gasteiger partial charge < -0.3 is 5.32 Å². The smallest absolute Gasteiger partial charge is 0.280 e. The van der Waals surface area contributed by atoms with Gasteiger partial charge in [0, 0.05) is 22.8 Å². The van der Waals surface area contributed by atoms with E-state index in [1.54, 1.807) is 15.6 Å². The Morgan fingerprint density at radius 2 is 2.24 bits per heavy atom. The van der Waals surface area contributed by atoms with E-state index in [4.69, 9.17) is 0 Å². The summed E-state index contributed by atoms with van der Waals surface area (Å²) in [5.74, 6) is 0.402. The summed E-state index contributed by atoms with van der Waals surface area (Å²) in [5.41, 5.74) is 0. The van der Waals surface area contributed by atoms with Crippen LogP contribution in [0.5, 0.6) is 0 Å². The molecule has 0 radical (unpaired) electrons. The molecular weight excluding hydrogens is 306 g/mol. The van der Waals surface area contributed by atoms with E-state index in [2.05, 4.69) is 10.0 Å². The number of thiophene rings is 1. The zero-order valence-electron chi connectivity index (χ0n) is 12.9. The molecule has 2 unspecified atom stereocenters. The van der Waals surface area contributed by atoms with Crippen molar-refractivity contribution in [1.29, 1.82) is 0 Å². The molecule has 5 nitrogen and oxygen atoms in total. The first kappa shape index (κ1) is 16.9. The predicted octanol–water partition coefficient (Wildman–Crippen LogP) is 1.88. The zero-order valence-corrected chi connectivity index (χ0v) is 14.6. The second kappa shape index (κ2) is 7.19. The molecule has 1 aliphatic rings. The van der Waals surface area contributed by atoms with Crippen LogP contribution in [0.2, 0.25) is 0 Å². The Morgan fingerprint density at radius 3 is 2.86 bits per heavy atom. The van der Waals surface area contributed by atoms with Gasteiger partial charge in [-0.05, 0) is 58.3 Å². The summed E-state index contributed by atoms with van der Waals surface area (Å²) in [6.07, 6.45) is 2.02. The van der Waals surface area contributed by atoms with Crippen LogP contribution in [0, 0.1) is 12.8 Å². The second-order valence-electron chi connectivity index (χ2n) is 5.72. The lowest BCUT2D eigenvalue weighted by molar-refractivity contribution is 0.260. The van der Waals surface area contributed by atoms with Gasteiger partial charge in [0.1, 0.15) is 0 Å². The number of piperidine rings is 1. The quantitative estimate of drug-likeness (QED) is 0.837. The molecule has 0 amide bonds. The first-order valence-electron chi connectivity index (χ1n) is 7.40. The van der Waals surface area contributed by atoms with E-state index in [1.807, 2.05) is 33.0 Å². The van der Waals surface area contributed by atoms with Crippen LogP contribution in [0.3, 0.4) is 0 Å². The van der Waals surface area contributed by atoms with Crippen molar-refractivity contribution in [2.45, 2.75) is 32.7 Å². The fraction of sp³-hybridized carbons (Fsp3) is 0.714. The molecule has 2 N–H and O–H groups in total. The van der Waals surface area contributed by atoms with Gasteiger partial charge in [-0.15, -0.1) is 11.3 Å². The molecule has 120 valence electrons. The maximum atomic E-state index is 12.5. The summed E-state index contributed by atoms with van der Waals surface area (Å²) in [4.78, 5) is 2.25. The highest BCUT2D eigenvalue weighted by molar-refractivity contribution is 7.87. The molecule has 1 aromatic rings. The first-order chi connectivity index (χ1) is 9.92. The molecule has 2 rings (SSSR count). The Balaban J connectivity index is 2.00. The maximum absolute atomic E-state index is 12.5. The number of aryl methyl sites for hydroxylation is 1. The van der Waals surface area contributed by atoms with Crippen LogP contribution in [-0.4, -0.2) is 39.4 Å². The number of nitrogens with zero attached hydrogens (tertiary/aromatic N) is 1. The molecular formula is C14H25N3O2S2. The van der Waals surface area contributed by atoms with Crippen LogP contribution in [0.15, 0.2) is 12.1 Å². The number of nitrogens with one attached hydrogen (secondary N) is 2. The van der Waals surface area contributed by atoms with Crippen LogP contribution in [0.25, 0.3) is 0 Å². The Morgan fingerprint density at radius 1 is 1.48 bits per heavy atom. The molecule has 1 aromatic heterocycles. The molecule has 7 heteroatoms. The van der Waals surface area contributed by atoms with E-state index in [9.17, 15) is 8.42 Å². The lowest BCUT2D eigenvalue weighted by atomic mass is 10.00. The van der Waals surface area contributed by atoms with E-state index < -0.39 is 10.2 Å². The minimum atomic E-state index is -3.41. The van der Waals surface area contributed by atoms with Gasteiger partial charge in [0.15, 0.2) is 0 Å². The third kappa shape index (κ3) is 4.50. The van der Waals surface area contributed by atoms with Gasteiger partial charge in [-0.1, -0.05) is 0 Å². The van der Waals surface area contributed by atoms with Crippen molar-refractivity contribution in [1.82, 2.24) is 14.3 Å². The van der Waals surface area contributed by atoms with E-state index >= 15 is 0 Å². The monoisotopic (exact) mass is 331 g/mol. The largest absolute Gasteiger partial charge is 0.319 e. The first-order valence-corrected chi connectivity index (χ1v) is 9.66. The Hall–Kier alpha value is -0.470. The van der Waals surface area contributed by atoms with Crippen LogP contribution >= 0.6 is 11.3 Å². The molecule has 0 spiro atoms. The van der Waals surface area contributed by atoms with Crippen molar-refractivity contribution in [2.24, 2.45) is 5.92 Å². The Labute approximate surface area is 131 Å². The standard InChI is InChI=1S/C14H25N3O2S2/c1-11-6-7-14(20-11)12(2)16-21(18,19)17-8-4-5-13(10-17)9-15-3/h6-7,12-13,15-16H,4-5,8-10H2,1-3H3. The van der Waals surface area contributed by atoms with Gasteiger partial charge >= 0.3 is 0 Å². The van der Waals surface area contributed by atoms with E-state index in [-0.39, 0.29) is 6.04 Å². The van der Waals surface area contributed by atoms with Gasteiger partial charge in [0.2, 0.25) is 0 Å². The van der Waals surface area contributed by atoms with E-state index in [0.717, 1.165) is 24.3 Å². The summed E-state index contributed by atoms with van der Waals surface area (Å²) in [5, 5.41) is 3.14. The van der Waals surface area contributed by atoms with Crippen molar-refractivity contribution >= 4 is 21.5 Å². The normalized spacial score (nSPS) is 22.3. The summed E-state index contributed by atoms with van der Waals surface area (Å²) < 4.78 is 29.4. The van der Waals surface area contributed by atoms with Gasteiger partial charge in [0.25, 0.3) is 10.2 Å². The third-order valence-electron chi connectivity index (χ3n) is 3.83. The highest BCUT2D eigenvalue weighted by Gasteiger charge is 2.29. The molecule has 0 bridgehead atoms. The fourth-order valence-corrected chi connectivity index (χ4v) is 5.20. The molecule has 0 aliphatic carbocycles. The Kier molecular flexibility index (Phi) is 5.79. The average Bonchev–Trinajstić information content (AvgIpc) is 2.86. The lowest BCUT2D eigenvalue weighted by Gasteiger charge is -2.32. The molecule has 21 heavy (non-hydrogen) atoms. The minimum Gasteiger partial charge on any atom is -0.319 e. The predicted molar refractivity (Wildman–Crippen MR) is 87.8 cm³/mol. The Bertz CT molecular complexity index is 554. The molecule has 0 saturated carbocycles. The number of hydrogen-bond donors (Lipinski definition) is 2. The van der Waals surface area contributed by atoms with Gasteiger partial charge in [-0.25, -0.2) is 0 Å². The van der Waals surface area contributed by atoms with Crippen molar-refractivity contribution < 1.29 is 8.42 Å². The van der Waals surface area contributed by atoms with Crippen LogP contribution in [0.1, 0.15) is 35.6 Å². The fourth-order valence-electron chi connectivity index (χ4n) is 2.74. The van der Waals surface area contributed by atoms with Gasteiger partial charge in [-0.3, -0.25) is 0 Å². The van der Waals surface area contributed by atoms with Gasteiger partial charge in [-0.2, -0.15) is 17.4 Å². The zero-order chi connectivity index (χ0) is 15.5. The summed E-state index contributed by atoms with van der Waals surface area (Å²) in [7, 11) is -1.50. The average molecular weight is 332 g/mol. The third-order valence-corrected chi connectivity index (χ3v) is 6.67. The second-order valence-corrected chi connectivity index (χ2v) is 8.74. The molecule has 0 aromatic carbocycles. The molecule has 1 fully saturated rings. The van der Waals surface area contributed by atoms with Gasteiger partial charge in [0.05, 0.1) is 6.04 Å². The summed E-state index contributed by atoms with van der Waals surface area (Å²) >= 11 is 1.64. The van der Waals surface area contributed by atoms with Crippen LogP contribution in [0.4, 0.5) is 0 Å². The minimum absolute atomic E-state index is 0.182. The maximum Gasteiger partial charge on any atom is 0.280 e. The van der Waals surface area contributed by atoms with Crippen molar-refractivity contribution in [3.8, 4) is 0 Å².